The van der Waals surface area contributed by atoms with Gasteiger partial charge in [-0.25, -0.2) is 0 Å². The van der Waals surface area contributed by atoms with E-state index in [1.807, 2.05) is 0 Å². The van der Waals surface area contributed by atoms with Gasteiger partial charge in [0, 0.05) is 6.08 Å². The zero-order chi connectivity index (χ0) is 5.70. The molecular weight excluding hydrogens is 88.1 g/mol. The molecule has 0 saturated carbocycles. The summed E-state index contributed by atoms with van der Waals surface area (Å²) in [4.78, 5) is 5.76. The topological polar surface area (TPSA) is 8.72 Å². The first-order valence-electron chi connectivity index (χ1n) is 1.76. The predicted octanol–water partition coefficient (Wildman–Crippen LogP) is 1.69. The molecule has 0 aromatic heterocycles. The number of allylic oxidation sites excluding steroid dienone is 1. The maximum Gasteiger partial charge on any atom is 0.515 e. The third kappa shape index (κ3) is 1.57. The zero-order valence-electron chi connectivity index (χ0n) is 3.97. The second-order valence-corrected chi connectivity index (χ2v) is 0.870. The Morgan fingerprint density at radius 1 is 1.43 bits per heavy atom. The minimum Gasteiger partial charge on any atom is -0.154 e. The van der Waals surface area contributed by atoms with Gasteiger partial charge < -0.3 is 0 Å². The van der Waals surface area contributed by atoms with Gasteiger partial charge in [-0.2, -0.15) is 9.69 Å². The van der Waals surface area contributed by atoms with Crippen LogP contribution in [0.25, 0.3) is 9.69 Å². The summed E-state index contributed by atoms with van der Waals surface area (Å²) in [6.45, 7) is 14.3. The van der Waals surface area contributed by atoms with Gasteiger partial charge >= 0.3 is 5.82 Å². The van der Waals surface area contributed by atoms with Crippen LogP contribution >= 0.6 is 0 Å². The van der Waals surface area contributed by atoms with E-state index in [0.29, 0.717) is 0 Å². The first-order chi connectivity index (χ1) is 3.35. The third-order valence-corrected chi connectivity index (χ3v) is 0.487. The average Bonchev–Trinajstić information content (AvgIpc) is 1.72. The molecule has 0 unspecified atom stereocenters. The fraction of sp³-hybridized carbons (Fsp3) is 0.200. The first-order valence-corrected chi connectivity index (χ1v) is 1.76. The molecule has 0 aliphatic heterocycles. The van der Waals surface area contributed by atoms with Crippen LogP contribution in [0.3, 0.4) is 0 Å². The van der Waals surface area contributed by atoms with Crippen molar-refractivity contribution < 1.29 is 0 Å². The Morgan fingerprint density at radius 3 is 1.86 bits per heavy atom. The molecule has 0 N–H and O–H groups in total. The molecule has 2 nitrogen and oxygen atoms in total. The van der Waals surface area contributed by atoms with Crippen molar-refractivity contribution in [2.75, 3.05) is 0 Å². The van der Waals surface area contributed by atoms with Crippen LogP contribution in [-0.2, 0) is 0 Å². The van der Waals surface area contributed by atoms with Crippen LogP contribution in [0.5, 0.6) is 0 Å². The highest BCUT2D eigenvalue weighted by atomic mass is 14.9. The van der Waals surface area contributed by atoms with Crippen molar-refractivity contribution in [1.29, 1.82) is 0 Å². The molecule has 0 atom stereocenters. The lowest BCUT2D eigenvalue weighted by Gasteiger charge is -1.60. The van der Waals surface area contributed by atoms with Crippen molar-refractivity contribution in [3.63, 3.8) is 0 Å². The molecule has 0 spiro atoms. The van der Waals surface area contributed by atoms with Crippen molar-refractivity contribution in [1.82, 2.24) is 0 Å². The number of nitrogens with zero attached hydrogens (tertiary/aromatic N) is 2. The molecule has 0 aromatic rings. The Labute approximate surface area is 42.7 Å². The predicted molar refractivity (Wildman–Crippen MR) is 27.0 cm³/mol. The van der Waals surface area contributed by atoms with E-state index in [4.69, 9.17) is 13.1 Å². The summed E-state index contributed by atoms with van der Waals surface area (Å²) in [6.07, 6.45) is 1.49. The summed E-state index contributed by atoms with van der Waals surface area (Å²) in [7, 11) is 0. The molecule has 7 heavy (non-hydrogen) atoms. The minimum atomic E-state index is 0.139. The second kappa shape index (κ2) is 2.93. The number of hydrogen-bond acceptors (Lipinski definition) is 0. The number of hydrogen-bond donors (Lipinski definition) is 0. The van der Waals surface area contributed by atoms with Gasteiger partial charge in [-0.3, -0.25) is 0 Å². The lowest BCUT2D eigenvalue weighted by atomic mass is 10.6. The largest absolute Gasteiger partial charge is 0.515 e. The molecule has 0 bridgehead atoms. The van der Waals surface area contributed by atoms with Crippen LogP contribution in [0.15, 0.2) is 11.9 Å². The fourth-order valence-corrected chi connectivity index (χ4v) is 0.154. The van der Waals surface area contributed by atoms with Crippen LogP contribution in [0.2, 0.25) is 0 Å². The summed E-state index contributed by atoms with van der Waals surface area (Å²) in [5.74, 6) is 0.139. The van der Waals surface area contributed by atoms with Crippen LogP contribution in [-0.4, -0.2) is 0 Å². The Balaban J connectivity index is 4.03. The highest BCUT2D eigenvalue weighted by Gasteiger charge is 1.93. The van der Waals surface area contributed by atoms with E-state index in [0.717, 1.165) is 0 Å². The monoisotopic (exact) mass is 92.0 g/mol. The Bertz CT molecular complexity index is 138. The summed E-state index contributed by atoms with van der Waals surface area (Å²) in [6, 6.07) is 0. The van der Waals surface area contributed by atoms with Crippen molar-refractivity contribution in [3.05, 3.63) is 34.7 Å². The van der Waals surface area contributed by atoms with Crippen molar-refractivity contribution in [2.45, 2.75) is 6.92 Å². The molecule has 0 aliphatic carbocycles. The highest BCUT2D eigenvalue weighted by Crippen LogP contribution is 1.93. The molecule has 0 aromatic carbocycles. The van der Waals surface area contributed by atoms with Gasteiger partial charge in [0.05, 0.1) is 0 Å². The van der Waals surface area contributed by atoms with Gasteiger partial charge in [0.25, 0.3) is 0 Å². The summed E-state index contributed by atoms with van der Waals surface area (Å²) < 4.78 is 0. The van der Waals surface area contributed by atoms with Crippen LogP contribution in [0.4, 0.5) is 0 Å². The van der Waals surface area contributed by atoms with E-state index in [-0.39, 0.29) is 5.82 Å². The summed E-state index contributed by atoms with van der Waals surface area (Å²) in [5.41, 5.74) is 0. The lowest BCUT2D eigenvalue weighted by Crippen LogP contribution is -1.54. The van der Waals surface area contributed by atoms with Crippen LogP contribution in [0, 0.1) is 13.1 Å². The molecule has 0 aliphatic rings. The standard InChI is InChI=1S/C5H4N2/c1-4-5(6-2)7-3/h4H,1H3. The summed E-state index contributed by atoms with van der Waals surface area (Å²) in [5, 5.41) is 0. The SMILES string of the molecule is [C-]#[N+]C(=CC)[N+]#[C-]. The van der Waals surface area contributed by atoms with Gasteiger partial charge in [-0.15, -0.1) is 0 Å². The maximum atomic E-state index is 6.30. The third-order valence-electron chi connectivity index (χ3n) is 0.487. The van der Waals surface area contributed by atoms with Gasteiger partial charge in [0.2, 0.25) is 0 Å². The van der Waals surface area contributed by atoms with Crippen molar-refractivity contribution in [3.8, 4) is 0 Å². The summed E-state index contributed by atoms with van der Waals surface area (Å²) >= 11 is 0. The molecule has 0 radical (unpaired) electrons. The van der Waals surface area contributed by atoms with E-state index in [1.165, 1.54) is 6.08 Å². The first kappa shape index (κ1) is 5.72. The fourth-order valence-electron chi connectivity index (χ4n) is 0.154. The Kier molecular flexibility index (Phi) is 2.40. The Hall–Kier alpha value is -1.28. The van der Waals surface area contributed by atoms with Crippen LogP contribution in [0.1, 0.15) is 6.92 Å². The molecule has 0 amide bonds. The minimum absolute atomic E-state index is 0.139. The zero-order valence-corrected chi connectivity index (χ0v) is 3.97. The molecule has 2 heteroatoms. The molecule has 0 heterocycles. The van der Waals surface area contributed by atoms with Gasteiger partial charge in [0.1, 0.15) is 13.1 Å². The molecule has 0 fully saturated rings. The van der Waals surface area contributed by atoms with E-state index in [9.17, 15) is 0 Å². The maximum absolute atomic E-state index is 6.30. The molecule has 0 saturated heterocycles. The molecule has 34 valence electrons. The van der Waals surface area contributed by atoms with Crippen molar-refractivity contribution >= 4 is 0 Å². The average molecular weight is 92.1 g/mol. The second-order valence-electron chi connectivity index (χ2n) is 0.870. The normalized spacial score (nSPS) is 5.57. The van der Waals surface area contributed by atoms with Crippen molar-refractivity contribution in [2.24, 2.45) is 0 Å². The Morgan fingerprint density at radius 2 is 1.86 bits per heavy atom. The molecule has 0 rings (SSSR count). The van der Waals surface area contributed by atoms with Gasteiger partial charge in [0.15, 0.2) is 0 Å². The number of rotatable bonds is 0. The van der Waals surface area contributed by atoms with E-state index < -0.39 is 0 Å². The van der Waals surface area contributed by atoms with E-state index >= 15 is 0 Å². The van der Waals surface area contributed by atoms with E-state index in [1.54, 1.807) is 6.92 Å². The highest BCUT2D eigenvalue weighted by molar-refractivity contribution is 5.15. The van der Waals surface area contributed by atoms with Gasteiger partial charge in [-0.05, 0) is 6.92 Å². The van der Waals surface area contributed by atoms with E-state index in [2.05, 4.69) is 9.69 Å². The quantitative estimate of drug-likeness (QED) is 0.402. The lowest BCUT2D eigenvalue weighted by molar-refractivity contribution is 1.60. The smallest absolute Gasteiger partial charge is 0.154 e. The molecular formula is C5H4N2. The van der Waals surface area contributed by atoms with Gasteiger partial charge in [-0.1, -0.05) is 0 Å². The van der Waals surface area contributed by atoms with Crippen LogP contribution < -0.4 is 0 Å².